The minimum Gasteiger partial charge on any atom is -0.480 e. The number of carboxylic acids is 1. The second-order valence-electron chi connectivity index (χ2n) is 8.18. The Morgan fingerprint density at radius 2 is 2.09 bits per heavy atom. The number of nitrogens with one attached hydrogen (secondary N) is 2. The zero-order chi connectivity index (χ0) is 24.3. The van der Waals surface area contributed by atoms with E-state index in [2.05, 4.69) is 31.7 Å². The maximum atomic E-state index is 13.1. The Morgan fingerprint density at radius 1 is 1.26 bits per heavy atom. The van der Waals surface area contributed by atoms with Gasteiger partial charge in [-0.2, -0.15) is 5.26 Å². The molecule has 0 aliphatic carbocycles. The van der Waals surface area contributed by atoms with Crippen LogP contribution < -0.4 is 10.6 Å². The van der Waals surface area contributed by atoms with Gasteiger partial charge in [-0.3, -0.25) is 4.90 Å². The third kappa shape index (κ3) is 7.59. The van der Waals surface area contributed by atoms with Crippen molar-refractivity contribution >= 4 is 17.6 Å². The lowest BCUT2D eigenvalue weighted by Crippen LogP contribution is -2.37. The molecule has 0 aromatic carbocycles. The zero-order valence-corrected chi connectivity index (χ0v) is 18.9. The molecule has 3 heterocycles. The van der Waals surface area contributed by atoms with E-state index in [1.165, 1.54) is 18.0 Å². The summed E-state index contributed by atoms with van der Waals surface area (Å²) in [7, 11) is 0. The normalized spacial score (nSPS) is 13.7. The van der Waals surface area contributed by atoms with Gasteiger partial charge in [0.1, 0.15) is 17.9 Å². The van der Waals surface area contributed by atoms with Crippen LogP contribution in [0.3, 0.4) is 0 Å². The molecule has 2 aromatic heterocycles. The van der Waals surface area contributed by atoms with E-state index in [-0.39, 0.29) is 24.5 Å². The summed E-state index contributed by atoms with van der Waals surface area (Å²) in [6.07, 6.45) is 4.59. The van der Waals surface area contributed by atoms with Crippen LogP contribution in [0, 0.1) is 11.3 Å². The van der Waals surface area contributed by atoms with Gasteiger partial charge in [-0.1, -0.05) is 6.07 Å². The molecular weight excluding hydrogens is 444 g/mol. The highest BCUT2D eigenvalue weighted by atomic mass is 19.3. The molecule has 0 fully saturated rings. The maximum absolute atomic E-state index is 13.1. The van der Waals surface area contributed by atoms with E-state index in [1.54, 1.807) is 4.90 Å². The molecule has 34 heavy (non-hydrogen) atoms. The predicted octanol–water partition coefficient (Wildman–Crippen LogP) is 2.95. The van der Waals surface area contributed by atoms with Gasteiger partial charge in [0.2, 0.25) is 0 Å². The maximum Gasteiger partial charge on any atom is 0.326 e. The molecule has 1 aliphatic rings. The van der Waals surface area contributed by atoms with E-state index < -0.39 is 25.0 Å². The van der Waals surface area contributed by atoms with Gasteiger partial charge >= 0.3 is 5.97 Å². The van der Waals surface area contributed by atoms with E-state index in [4.69, 9.17) is 5.26 Å². The van der Waals surface area contributed by atoms with Gasteiger partial charge in [0.15, 0.2) is 11.5 Å². The molecule has 9 nitrogen and oxygen atoms in total. The van der Waals surface area contributed by atoms with Crippen molar-refractivity contribution < 1.29 is 18.7 Å². The second-order valence-corrected chi connectivity index (χ2v) is 8.18. The molecule has 0 spiro atoms. The number of aromatic nitrogens is 3. The number of halogens is 2. The fourth-order valence-corrected chi connectivity index (χ4v) is 3.90. The lowest BCUT2D eigenvalue weighted by Gasteiger charge is -2.24. The number of hydrogen-bond acceptors (Lipinski definition) is 8. The number of nitriles is 1. The minimum atomic E-state index is -2.52. The number of hydrogen-bond donors (Lipinski definition) is 3. The van der Waals surface area contributed by atoms with Gasteiger partial charge in [-0.25, -0.2) is 28.5 Å². The lowest BCUT2D eigenvalue weighted by molar-refractivity contribution is -0.138. The van der Waals surface area contributed by atoms with Crippen LogP contribution in [-0.4, -0.2) is 69.6 Å². The lowest BCUT2D eigenvalue weighted by atomic mass is 10.1. The Morgan fingerprint density at radius 3 is 2.85 bits per heavy atom. The SMILES string of the molecule is N#Cc1nccnc1NC(CCN(CCCCc1ccc2c(n1)NCCC2)CC(F)F)C(=O)O. The summed E-state index contributed by atoms with van der Waals surface area (Å²) in [5.74, 6) is -0.151. The highest BCUT2D eigenvalue weighted by molar-refractivity contribution is 5.77. The molecule has 1 unspecified atom stereocenters. The van der Waals surface area contributed by atoms with Crippen molar-refractivity contribution in [1.29, 1.82) is 5.26 Å². The number of aliphatic carboxylic acids is 1. The van der Waals surface area contributed by atoms with Crippen LogP contribution in [0.15, 0.2) is 24.5 Å². The first-order chi connectivity index (χ1) is 16.5. The molecule has 0 saturated carbocycles. The van der Waals surface area contributed by atoms with Crippen molar-refractivity contribution in [3.05, 3.63) is 41.5 Å². The van der Waals surface area contributed by atoms with Crippen molar-refractivity contribution in [3.63, 3.8) is 0 Å². The summed E-state index contributed by atoms with van der Waals surface area (Å²) in [6, 6.07) is 4.88. The van der Waals surface area contributed by atoms with Crippen molar-refractivity contribution in [2.75, 3.05) is 36.8 Å². The molecule has 11 heteroatoms. The highest BCUT2D eigenvalue weighted by Crippen LogP contribution is 2.20. The van der Waals surface area contributed by atoms with Gasteiger partial charge in [0, 0.05) is 31.2 Å². The Labute approximate surface area is 197 Å². The molecule has 182 valence electrons. The fourth-order valence-electron chi connectivity index (χ4n) is 3.90. The van der Waals surface area contributed by atoms with E-state index >= 15 is 0 Å². The van der Waals surface area contributed by atoms with Gasteiger partial charge in [0.25, 0.3) is 6.43 Å². The van der Waals surface area contributed by atoms with Crippen LogP contribution in [0.2, 0.25) is 0 Å². The van der Waals surface area contributed by atoms with Crippen LogP contribution in [0.4, 0.5) is 20.4 Å². The molecule has 1 atom stereocenters. The number of aryl methyl sites for hydroxylation is 2. The van der Waals surface area contributed by atoms with Crippen molar-refractivity contribution in [2.45, 2.75) is 51.0 Å². The van der Waals surface area contributed by atoms with Crippen molar-refractivity contribution in [3.8, 4) is 6.07 Å². The van der Waals surface area contributed by atoms with Gasteiger partial charge < -0.3 is 15.7 Å². The first kappa shape index (κ1) is 25.2. The number of pyridine rings is 1. The Kier molecular flexibility index (Phi) is 9.46. The number of anilines is 2. The third-order valence-corrected chi connectivity index (χ3v) is 5.65. The summed E-state index contributed by atoms with van der Waals surface area (Å²) in [6.45, 7) is 1.08. The average Bonchev–Trinajstić information content (AvgIpc) is 2.83. The van der Waals surface area contributed by atoms with E-state index in [0.717, 1.165) is 43.7 Å². The van der Waals surface area contributed by atoms with E-state index in [9.17, 15) is 18.7 Å². The summed E-state index contributed by atoms with van der Waals surface area (Å²) in [5.41, 5.74) is 2.17. The Bertz CT molecular complexity index is 1000. The van der Waals surface area contributed by atoms with Gasteiger partial charge in [0.05, 0.1) is 6.54 Å². The van der Waals surface area contributed by atoms with Crippen molar-refractivity contribution in [2.24, 2.45) is 0 Å². The first-order valence-electron chi connectivity index (χ1n) is 11.4. The number of alkyl halides is 2. The molecule has 3 rings (SSSR count). The van der Waals surface area contributed by atoms with Crippen LogP contribution in [0.25, 0.3) is 0 Å². The molecule has 0 saturated heterocycles. The van der Waals surface area contributed by atoms with E-state index in [0.29, 0.717) is 13.0 Å². The van der Waals surface area contributed by atoms with Gasteiger partial charge in [-0.15, -0.1) is 0 Å². The number of unbranched alkanes of at least 4 members (excludes halogenated alkanes) is 1. The van der Waals surface area contributed by atoms with Crippen LogP contribution >= 0.6 is 0 Å². The standard InChI is InChI=1S/C23H29F2N7O2/c24-20(25)15-32(12-2-1-5-17-7-6-16-4-3-9-28-21(16)30-17)13-8-18(23(33)34)31-22-19(14-26)27-10-11-29-22/h6-7,10-11,18,20H,1-5,8-9,12-13,15H2,(H,28,30)(H,29,31)(H,33,34). The summed E-state index contributed by atoms with van der Waals surface area (Å²) >= 11 is 0. The van der Waals surface area contributed by atoms with Crippen LogP contribution in [0.5, 0.6) is 0 Å². The highest BCUT2D eigenvalue weighted by Gasteiger charge is 2.22. The molecule has 2 aromatic rings. The molecule has 1 aliphatic heterocycles. The Hall–Kier alpha value is -3.39. The topological polar surface area (TPSA) is 127 Å². The quantitative estimate of drug-likeness (QED) is 0.376. The molecule has 0 amide bonds. The number of rotatable bonds is 13. The summed E-state index contributed by atoms with van der Waals surface area (Å²) in [5, 5.41) is 24.7. The number of carbonyl (C=O) groups is 1. The average molecular weight is 474 g/mol. The number of carboxylic acid groups (broad SMARTS) is 1. The molecular formula is C23H29F2N7O2. The number of nitrogens with zero attached hydrogens (tertiary/aromatic N) is 5. The molecule has 0 bridgehead atoms. The van der Waals surface area contributed by atoms with Gasteiger partial charge in [-0.05, 0) is 56.7 Å². The van der Waals surface area contributed by atoms with Crippen molar-refractivity contribution in [1.82, 2.24) is 19.9 Å². The fraction of sp³-hybridized carbons (Fsp3) is 0.522. The van der Waals surface area contributed by atoms with E-state index in [1.807, 2.05) is 12.1 Å². The molecule has 0 radical (unpaired) electrons. The number of fused-ring (bicyclic) bond motifs is 1. The first-order valence-corrected chi connectivity index (χ1v) is 11.4. The third-order valence-electron chi connectivity index (χ3n) is 5.65. The summed E-state index contributed by atoms with van der Waals surface area (Å²) in [4.78, 5) is 25.7. The predicted molar refractivity (Wildman–Crippen MR) is 123 cm³/mol. The smallest absolute Gasteiger partial charge is 0.326 e. The van der Waals surface area contributed by atoms with Crippen LogP contribution in [0.1, 0.15) is 42.6 Å². The minimum absolute atomic E-state index is 0.0239. The monoisotopic (exact) mass is 473 g/mol. The second kappa shape index (κ2) is 12.7. The molecule has 3 N–H and O–H groups in total. The van der Waals surface area contributed by atoms with Crippen LogP contribution in [-0.2, 0) is 17.6 Å². The largest absolute Gasteiger partial charge is 0.480 e. The summed E-state index contributed by atoms with van der Waals surface area (Å²) < 4.78 is 26.2. The zero-order valence-electron chi connectivity index (χ0n) is 18.9. The Balaban J connectivity index is 1.50.